The van der Waals surface area contributed by atoms with Crippen molar-refractivity contribution in [2.24, 2.45) is 0 Å². The summed E-state index contributed by atoms with van der Waals surface area (Å²) in [6.45, 7) is 0.382. The molecule has 0 unspecified atom stereocenters. The van der Waals surface area contributed by atoms with Gasteiger partial charge in [0.15, 0.2) is 0 Å². The highest BCUT2D eigenvalue weighted by Gasteiger charge is 2.34. The molecule has 188 valence electrons. The number of carbonyl (C=O) groups is 4. The van der Waals surface area contributed by atoms with Crippen molar-refractivity contribution in [3.05, 3.63) is 125 Å². The molecule has 38 heavy (non-hydrogen) atoms. The van der Waals surface area contributed by atoms with Crippen LogP contribution in [0.4, 0.5) is 16.2 Å². The summed E-state index contributed by atoms with van der Waals surface area (Å²) < 4.78 is 0. The number of nitrogens with zero attached hydrogens (tertiary/aromatic N) is 2. The van der Waals surface area contributed by atoms with E-state index in [2.05, 4.69) is 20.9 Å². The van der Waals surface area contributed by atoms with Crippen LogP contribution in [0.25, 0.3) is 0 Å². The van der Waals surface area contributed by atoms with Gasteiger partial charge in [-0.1, -0.05) is 36.4 Å². The molecule has 0 fully saturated rings. The molecule has 3 aromatic carbocycles. The molecule has 1 aliphatic rings. The molecule has 2 heterocycles. The quantitative estimate of drug-likeness (QED) is 0.321. The van der Waals surface area contributed by atoms with E-state index >= 15 is 0 Å². The minimum atomic E-state index is -0.405. The summed E-state index contributed by atoms with van der Waals surface area (Å²) in [5.41, 5.74) is 4.03. The van der Waals surface area contributed by atoms with E-state index in [1.165, 1.54) is 4.90 Å². The Morgan fingerprint density at radius 1 is 0.711 bits per heavy atom. The topological polar surface area (TPSA) is 120 Å². The van der Waals surface area contributed by atoms with Crippen molar-refractivity contribution < 1.29 is 19.2 Å². The van der Waals surface area contributed by atoms with Gasteiger partial charge < -0.3 is 16.0 Å². The summed E-state index contributed by atoms with van der Waals surface area (Å²) in [6, 6.07) is 23.7. The number of aromatic nitrogens is 1. The highest BCUT2D eigenvalue weighted by atomic mass is 16.2. The SMILES string of the molecule is O=C(NCc1ccc(NC(=O)c2ccncc2)cc1)Nc1cccc(CN2C(=O)c3ccccc3C2=O)c1. The minimum absolute atomic E-state index is 0.105. The highest BCUT2D eigenvalue weighted by molar-refractivity contribution is 6.21. The molecule has 4 aromatic rings. The molecule has 1 aromatic heterocycles. The van der Waals surface area contributed by atoms with Crippen LogP contribution in [0, 0.1) is 0 Å². The molecule has 0 spiro atoms. The lowest BCUT2D eigenvalue weighted by molar-refractivity contribution is 0.0642. The molecule has 0 atom stereocenters. The number of hydrogen-bond donors (Lipinski definition) is 3. The first-order valence-electron chi connectivity index (χ1n) is 11.9. The number of amides is 5. The van der Waals surface area contributed by atoms with E-state index in [1.807, 2.05) is 12.1 Å². The summed E-state index contributed by atoms with van der Waals surface area (Å²) in [4.78, 5) is 55.1. The van der Waals surface area contributed by atoms with Crippen LogP contribution in [-0.4, -0.2) is 33.6 Å². The van der Waals surface area contributed by atoms with Crippen molar-refractivity contribution in [2.45, 2.75) is 13.1 Å². The minimum Gasteiger partial charge on any atom is -0.334 e. The predicted molar refractivity (Wildman–Crippen MR) is 142 cm³/mol. The number of urea groups is 1. The monoisotopic (exact) mass is 505 g/mol. The molecular weight excluding hydrogens is 482 g/mol. The lowest BCUT2D eigenvalue weighted by Gasteiger charge is -2.15. The van der Waals surface area contributed by atoms with Crippen LogP contribution in [-0.2, 0) is 13.1 Å². The van der Waals surface area contributed by atoms with Crippen LogP contribution in [0.5, 0.6) is 0 Å². The number of carbonyl (C=O) groups excluding carboxylic acids is 4. The molecule has 5 rings (SSSR count). The number of fused-ring (bicyclic) bond motifs is 1. The van der Waals surface area contributed by atoms with Crippen molar-refractivity contribution in [3.63, 3.8) is 0 Å². The third-order valence-corrected chi connectivity index (χ3v) is 6.01. The standard InChI is InChI=1S/C29H23N5O4/c35-26(21-12-14-30-15-13-21)32-22-10-8-19(9-11-22)17-31-29(38)33-23-5-3-4-20(16-23)18-34-27(36)24-6-1-2-7-25(24)28(34)37/h1-16H,17-18H2,(H,32,35)(H2,31,33,38). The predicted octanol–water partition coefficient (Wildman–Crippen LogP) is 4.45. The average molecular weight is 506 g/mol. The largest absolute Gasteiger partial charge is 0.334 e. The highest BCUT2D eigenvalue weighted by Crippen LogP contribution is 2.25. The number of nitrogens with one attached hydrogen (secondary N) is 3. The van der Waals surface area contributed by atoms with Crippen LogP contribution in [0.1, 0.15) is 42.2 Å². The Morgan fingerprint density at radius 3 is 2.08 bits per heavy atom. The third kappa shape index (κ3) is 5.41. The zero-order valence-electron chi connectivity index (χ0n) is 20.2. The molecule has 0 aliphatic carbocycles. The van der Waals surface area contributed by atoms with Gasteiger partial charge in [0.2, 0.25) is 0 Å². The first-order chi connectivity index (χ1) is 18.5. The van der Waals surface area contributed by atoms with Gasteiger partial charge in [-0.15, -0.1) is 0 Å². The third-order valence-electron chi connectivity index (χ3n) is 6.01. The van der Waals surface area contributed by atoms with Crippen molar-refractivity contribution in [2.75, 3.05) is 10.6 Å². The Hall–Kier alpha value is -5.31. The number of anilines is 2. The van der Waals surface area contributed by atoms with Gasteiger partial charge in [0.1, 0.15) is 0 Å². The number of rotatable bonds is 7. The normalized spacial score (nSPS) is 12.2. The van der Waals surface area contributed by atoms with E-state index in [-0.39, 0.29) is 30.8 Å². The van der Waals surface area contributed by atoms with Crippen molar-refractivity contribution in [3.8, 4) is 0 Å². The van der Waals surface area contributed by atoms with E-state index < -0.39 is 6.03 Å². The fraction of sp³-hybridized carbons (Fsp3) is 0.0690. The maximum absolute atomic E-state index is 12.6. The van der Waals surface area contributed by atoms with Crippen LogP contribution in [0.2, 0.25) is 0 Å². The van der Waals surface area contributed by atoms with Gasteiger partial charge in [-0.3, -0.25) is 24.3 Å². The van der Waals surface area contributed by atoms with Gasteiger partial charge in [0.05, 0.1) is 17.7 Å². The Morgan fingerprint density at radius 2 is 1.39 bits per heavy atom. The summed E-state index contributed by atoms with van der Waals surface area (Å²) >= 11 is 0. The molecule has 0 bridgehead atoms. The molecule has 5 amide bonds. The van der Waals surface area contributed by atoms with Crippen molar-refractivity contribution in [1.82, 2.24) is 15.2 Å². The smallest absolute Gasteiger partial charge is 0.319 e. The zero-order valence-corrected chi connectivity index (χ0v) is 20.2. The molecule has 9 heteroatoms. The molecule has 9 nitrogen and oxygen atoms in total. The van der Waals surface area contributed by atoms with Crippen LogP contribution < -0.4 is 16.0 Å². The summed E-state index contributed by atoms with van der Waals surface area (Å²) in [7, 11) is 0. The lowest BCUT2D eigenvalue weighted by atomic mass is 10.1. The molecular formula is C29H23N5O4. The maximum Gasteiger partial charge on any atom is 0.319 e. The first-order valence-corrected chi connectivity index (χ1v) is 11.9. The van der Waals surface area contributed by atoms with Gasteiger partial charge in [0, 0.05) is 35.9 Å². The van der Waals surface area contributed by atoms with E-state index in [0.29, 0.717) is 33.6 Å². The van der Waals surface area contributed by atoms with Gasteiger partial charge in [-0.05, 0) is 59.7 Å². The fourth-order valence-corrected chi connectivity index (χ4v) is 4.08. The molecule has 0 radical (unpaired) electrons. The zero-order chi connectivity index (χ0) is 26.5. The molecule has 3 N–H and O–H groups in total. The number of imide groups is 1. The van der Waals surface area contributed by atoms with Gasteiger partial charge in [-0.2, -0.15) is 0 Å². The van der Waals surface area contributed by atoms with Gasteiger partial charge in [0.25, 0.3) is 17.7 Å². The lowest BCUT2D eigenvalue weighted by Crippen LogP contribution is -2.29. The Balaban J connectivity index is 1.13. The van der Waals surface area contributed by atoms with E-state index in [1.54, 1.807) is 85.2 Å². The second-order valence-corrected chi connectivity index (χ2v) is 8.64. The molecule has 1 aliphatic heterocycles. The Kier molecular flexibility index (Phi) is 6.90. The van der Waals surface area contributed by atoms with E-state index in [0.717, 1.165) is 5.56 Å². The second kappa shape index (κ2) is 10.8. The average Bonchev–Trinajstić information content (AvgIpc) is 3.18. The van der Waals surface area contributed by atoms with Crippen molar-refractivity contribution in [1.29, 1.82) is 0 Å². The molecule has 0 saturated heterocycles. The summed E-state index contributed by atoms with van der Waals surface area (Å²) in [5.74, 6) is -0.891. The first kappa shape index (κ1) is 24.4. The number of benzene rings is 3. The van der Waals surface area contributed by atoms with E-state index in [4.69, 9.17) is 0 Å². The van der Waals surface area contributed by atoms with Crippen LogP contribution in [0.3, 0.4) is 0 Å². The van der Waals surface area contributed by atoms with Gasteiger partial charge >= 0.3 is 6.03 Å². The fourth-order valence-electron chi connectivity index (χ4n) is 4.08. The van der Waals surface area contributed by atoms with E-state index in [9.17, 15) is 19.2 Å². The van der Waals surface area contributed by atoms with Gasteiger partial charge in [-0.25, -0.2) is 4.79 Å². The number of hydrogen-bond acceptors (Lipinski definition) is 5. The van der Waals surface area contributed by atoms with Crippen molar-refractivity contribution >= 4 is 35.1 Å². The Bertz CT molecular complexity index is 1480. The Labute approximate surface area is 218 Å². The second-order valence-electron chi connectivity index (χ2n) is 8.64. The number of pyridine rings is 1. The summed E-state index contributed by atoms with van der Waals surface area (Å²) in [6.07, 6.45) is 3.11. The molecule has 0 saturated carbocycles. The maximum atomic E-state index is 12.6. The van der Waals surface area contributed by atoms with Crippen LogP contribution >= 0.6 is 0 Å². The van der Waals surface area contributed by atoms with Crippen LogP contribution in [0.15, 0.2) is 97.3 Å². The summed E-state index contributed by atoms with van der Waals surface area (Å²) in [5, 5.41) is 8.37.